The quantitative estimate of drug-likeness (QED) is 0.393. The molecule has 2 heterocycles. The summed E-state index contributed by atoms with van der Waals surface area (Å²) in [5.41, 5.74) is 1.28. The van der Waals surface area contributed by atoms with Gasteiger partial charge in [0.15, 0.2) is 10.9 Å². The number of hydrogen-bond acceptors (Lipinski definition) is 4. The molecular formula is C18H19N3O2S. The Hall–Kier alpha value is -2.34. The van der Waals surface area contributed by atoms with Crippen LogP contribution in [-0.2, 0) is 13.6 Å². The average molecular weight is 341 g/mol. The number of thioether (sulfide) groups is 1. The van der Waals surface area contributed by atoms with Gasteiger partial charge in [0, 0.05) is 19.8 Å². The average Bonchev–Trinajstić information content (AvgIpc) is 3.02. The van der Waals surface area contributed by atoms with Crippen LogP contribution >= 0.6 is 11.8 Å². The van der Waals surface area contributed by atoms with Crippen molar-refractivity contribution in [2.45, 2.75) is 25.0 Å². The molecule has 0 bridgehead atoms. The van der Waals surface area contributed by atoms with Crippen LogP contribution in [0.5, 0.6) is 0 Å². The smallest absolute Gasteiger partial charge is 0.262 e. The fourth-order valence-corrected chi connectivity index (χ4v) is 3.53. The van der Waals surface area contributed by atoms with Crippen LogP contribution in [0.4, 0.5) is 0 Å². The van der Waals surface area contributed by atoms with Gasteiger partial charge in [0.1, 0.15) is 0 Å². The van der Waals surface area contributed by atoms with Crippen LogP contribution in [0.25, 0.3) is 10.9 Å². The molecule has 3 rings (SSSR count). The molecule has 6 heteroatoms. The molecular weight excluding hydrogens is 322 g/mol. The zero-order valence-electron chi connectivity index (χ0n) is 13.7. The molecule has 0 aliphatic rings. The van der Waals surface area contributed by atoms with E-state index in [9.17, 15) is 9.59 Å². The lowest BCUT2D eigenvalue weighted by Crippen LogP contribution is -2.23. The van der Waals surface area contributed by atoms with E-state index in [0.29, 0.717) is 28.3 Å². The van der Waals surface area contributed by atoms with Gasteiger partial charge < -0.3 is 4.57 Å². The summed E-state index contributed by atoms with van der Waals surface area (Å²) in [5, 5.41) is 1.21. The van der Waals surface area contributed by atoms with Crippen LogP contribution in [0, 0.1) is 0 Å². The van der Waals surface area contributed by atoms with Crippen molar-refractivity contribution in [1.29, 1.82) is 0 Å². The van der Waals surface area contributed by atoms with Gasteiger partial charge in [0.2, 0.25) is 0 Å². The van der Waals surface area contributed by atoms with Crippen molar-refractivity contribution in [1.82, 2.24) is 14.1 Å². The maximum absolute atomic E-state index is 12.7. The van der Waals surface area contributed by atoms with Gasteiger partial charge >= 0.3 is 0 Å². The van der Waals surface area contributed by atoms with Gasteiger partial charge in [-0.25, -0.2) is 4.98 Å². The third-order valence-corrected chi connectivity index (χ3v) is 4.81. The van der Waals surface area contributed by atoms with Gasteiger partial charge in [-0.3, -0.25) is 14.2 Å². The molecule has 1 aromatic carbocycles. The third-order valence-electron chi connectivity index (χ3n) is 3.84. The van der Waals surface area contributed by atoms with Crippen LogP contribution in [0.15, 0.2) is 52.5 Å². The first kappa shape index (κ1) is 16.5. The second kappa shape index (κ2) is 7.05. The normalized spacial score (nSPS) is 11.1. The summed E-state index contributed by atoms with van der Waals surface area (Å²) in [4.78, 5) is 29.6. The predicted molar refractivity (Wildman–Crippen MR) is 96.8 cm³/mol. The van der Waals surface area contributed by atoms with Crippen LogP contribution in [0.1, 0.15) is 23.8 Å². The molecule has 0 spiro atoms. The Balaban J connectivity index is 1.93. The molecule has 0 saturated heterocycles. The van der Waals surface area contributed by atoms with Gasteiger partial charge in [0.05, 0.1) is 22.3 Å². The van der Waals surface area contributed by atoms with E-state index in [1.165, 1.54) is 11.8 Å². The number of aryl methyl sites for hydroxylation is 1. The second-order valence-electron chi connectivity index (χ2n) is 5.58. The highest BCUT2D eigenvalue weighted by Gasteiger charge is 2.14. The molecule has 0 atom stereocenters. The third kappa shape index (κ3) is 3.14. The lowest BCUT2D eigenvalue weighted by Gasteiger charge is -2.12. The second-order valence-corrected chi connectivity index (χ2v) is 6.53. The van der Waals surface area contributed by atoms with Gasteiger partial charge in [-0.2, -0.15) is 0 Å². The summed E-state index contributed by atoms with van der Waals surface area (Å²) >= 11 is 1.32. The number of carbonyl (C=O) groups excluding carboxylic acids is 1. The maximum atomic E-state index is 12.7. The summed E-state index contributed by atoms with van der Waals surface area (Å²) in [5.74, 6) is 0.282. The van der Waals surface area contributed by atoms with Crippen molar-refractivity contribution in [3.05, 3.63) is 58.6 Å². The predicted octanol–water partition coefficient (Wildman–Crippen LogP) is 3.12. The number of benzene rings is 1. The van der Waals surface area contributed by atoms with Crippen LogP contribution in [0.2, 0.25) is 0 Å². The first-order chi connectivity index (χ1) is 11.6. The Kier molecular flexibility index (Phi) is 4.85. The Bertz CT molecular complexity index is 943. The number of carbonyl (C=O) groups is 1. The van der Waals surface area contributed by atoms with Crippen molar-refractivity contribution in [3.8, 4) is 0 Å². The topological polar surface area (TPSA) is 56.9 Å². The van der Waals surface area contributed by atoms with E-state index in [4.69, 9.17) is 0 Å². The standard InChI is InChI=1S/C18H19N3O2S/c1-3-10-21-17(23)13-7-4-5-8-14(13)19-18(21)24-12-16(22)15-9-6-11-20(15)2/h4-9,11H,3,10,12H2,1-2H3. The minimum Gasteiger partial charge on any atom is -0.348 e. The maximum Gasteiger partial charge on any atom is 0.262 e. The van der Waals surface area contributed by atoms with Gasteiger partial charge in [-0.05, 0) is 30.7 Å². The van der Waals surface area contributed by atoms with E-state index >= 15 is 0 Å². The summed E-state index contributed by atoms with van der Waals surface area (Å²) in [6, 6.07) is 11.0. The van der Waals surface area contributed by atoms with Crippen molar-refractivity contribution in [2.75, 3.05) is 5.75 Å². The highest BCUT2D eigenvalue weighted by molar-refractivity contribution is 7.99. The lowest BCUT2D eigenvalue weighted by atomic mass is 10.2. The summed E-state index contributed by atoms with van der Waals surface area (Å²) in [6.45, 7) is 2.61. The molecule has 24 heavy (non-hydrogen) atoms. The SMILES string of the molecule is CCCn1c(SCC(=O)c2cccn2C)nc2ccccc2c1=O. The van der Waals surface area contributed by atoms with E-state index < -0.39 is 0 Å². The lowest BCUT2D eigenvalue weighted by molar-refractivity contribution is 0.101. The van der Waals surface area contributed by atoms with E-state index in [1.54, 1.807) is 21.3 Å². The number of aromatic nitrogens is 3. The molecule has 3 aromatic rings. The van der Waals surface area contributed by atoms with Crippen LogP contribution < -0.4 is 5.56 Å². The molecule has 5 nitrogen and oxygen atoms in total. The monoisotopic (exact) mass is 341 g/mol. The van der Waals surface area contributed by atoms with Crippen molar-refractivity contribution < 1.29 is 4.79 Å². The van der Waals surface area contributed by atoms with E-state index in [2.05, 4.69) is 4.98 Å². The number of hydrogen-bond donors (Lipinski definition) is 0. The van der Waals surface area contributed by atoms with Gasteiger partial charge in [-0.1, -0.05) is 30.8 Å². The highest BCUT2D eigenvalue weighted by Crippen LogP contribution is 2.19. The van der Waals surface area contributed by atoms with E-state index in [0.717, 1.165) is 6.42 Å². The van der Waals surface area contributed by atoms with Gasteiger partial charge in [0.25, 0.3) is 5.56 Å². The number of para-hydroxylation sites is 1. The number of rotatable bonds is 6. The molecule has 0 unspecified atom stereocenters. The molecule has 0 aliphatic heterocycles. The number of fused-ring (bicyclic) bond motifs is 1. The molecule has 0 aliphatic carbocycles. The summed E-state index contributed by atoms with van der Waals surface area (Å²) in [6.07, 6.45) is 2.68. The minimum absolute atomic E-state index is 0.0259. The summed E-state index contributed by atoms with van der Waals surface area (Å²) in [7, 11) is 1.85. The molecule has 0 saturated carbocycles. The first-order valence-corrected chi connectivity index (χ1v) is 8.87. The number of nitrogens with zero attached hydrogens (tertiary/aromatic N) is 3. The Morgan fingerprint density at radius 3 is 2.71 bits per heavy atom. The van der Waals surface area contributed by atoms with E-state index in [1.807, 2.05) is 44.4 Å². The minimum atomic E-state index is -0.0451. The van der Waals surface area contributed by atoms with Gasteiger partial charge in [-0.15, -0.1) is 0 Å². The Labute approximate surface area is 144 Å². The fourth-order valence-electron chi connectivity index (χ4n) is 2.63. The van der Waals surface area contributed by atoms with Crippen molar-refractivity contribution in [3.63, 3.8) is 0 Å². The van der Waals surface area contributed by atoms with Crippen LogP contribution in [0.3, 0.4) is 0 Å². The molecule has 124 valence electrons. The highest BCUT2D eigenvalue weighted by atomic mass is 32.2. The first-order valence-electron chi connectivity index (χ1n) is 7.88. The molecule has 0 N–H and O–H groups in total. The zero-order valence-corrected chi connectivity index (χ0v) is 14.5. The fraction of sp³-hybridized carbons (Fsp3) is 0.278. The Morgan fingerprint density at radius 1 is 1.21 bits per heavy atom. The molecule has 0 radical (unpaired) electrons. The molecule has 0 amide bonds. The zero-order chi connectivity index (χ0) is 17.1. The molecule has 0 fully saturated rings. The van der Waals surface area contributed by atoms with Crippen LogP contribution in [-0.4, -0.2) is 25.7 Å². The number of Topliss-reactive ketones (excluding diaryl/α,β-unsaturated/α-hetero) is 1. The number of ketones is 1. The Morgan fingerprint density at radius 2 is 2.00 bits per heavy atom. The van der Waals surface area contributed by atoms with E-state index in [-0.39, 0.29) is 17.1 Å². The summed E-state index contributed by atoms with van der Waals surface area (Å²) < 4.78 is 3.47. The largest absolute Gasteiger partial charge is 0.348 e. The van der Waals surface area contributed by atoms with Crippen molar-refractivity contribution >= 4 is 28.4 Å². The molecule has 2 aromatic heterocycles. The van der Waals surface area contributed by atoms with Crippen molar-refractivity contribution in [2.24, 2.45) is 7.05 Å².